The molecule has 5 aromatic carbocycles. The van der Waals surface area contributed by atoms with E-state index >= 15 is 0 Å². The zero-order chi connectivity index (χ0) is 72.8. The Balaban J connectivity index is 0.777. The van der Waals surface area contributed by atoms with Gasteiger partial charge >= 0.3 is 17.9 Å². The number of Topliss-reactive ketones (excluding diaryl/α,β-unsaturated/α-hetero) is 1. The van der Waals surface area contributed by atoms with E-state index in [0.717, 1.165) is 25.0 Å². The number of aromatic carboxylic acids is 1. The number of aliphatic hydroxyl groups is 6. The highest BCUT2D eigenvalue weighted by Crippen LogP contribution is 2.36. The van der Waals surface area contributed by atoms with E-state index in [2.05, 4.69) is 31.9 Å². The number of aliphatic carboxylic acids is 2. The van der Waals surface area contributed by atoms with Gasteiger partial charge in [-0.25, -0.2) is 14.4 Å². The highest BCUT2D eigenvalue weighted by atomic mass is 32.2. The topological polar surface area (TPSA) is 462 Å². The van der Waals surface area contributed by atoms with Crippen molar-refractivity contribution in [3.8, 4) is 22.3 Å². The fourth-order valence-electron chi connectivity index (χ4n) is 11.0. The number of benzene rings is 5. The predicted octanol–water partition coefficient (Wildman–Crippen LogP) is 1.84. The first kappa shape index (κ1) is 78.6. The normalized spacial score (nSPS) is 21.6. The van der Waals surface area contributed by atoms with Crippen molar-refractivity contribution in [2.75, 3.05) is 62.4 Å². The van der Waals surface area contributed by atoms with Gasteiger partial charge in [-0.15, -0.1) is 0 Å². The van der Waals surface area contributed by atoms with Crippen LogP contribution >= 0.6 is 23.5 Å². The lowest BCUT2D eigenvalue weighted by molar-refractivity contribution is -0.310. The summed E-state index contributed by atoms with van der Waals surface area (Å²) < 4.78 is 23.1. The van der Waals surface area contributed by atoms with Crippen molar-refractivity contribution in [1.82, 2.24) is 31.9 Å². The summed E-state index contributed by atoms with van der Waals surface area (Å²) >= 11 is 2.81. The van der Waals surface area contributed by atoms with Gasteiger partial charge in [-0.1, -0.05) is 60.7 Å². The maximum Gasteiger partial charge on any atom is 0.364 e. The summed E-state index contributed by atoms with van der Waals surface area (Å²) in [5.74, 6) is -11.2. The van der Waals surface area contributed by atoms with Gasteiger partial charge in [-0.05, 0) is 114 Å². The molecule has 0 bridgehead atoms. The second kappa shape index (κ2) is 37.1. The van der Waals surface area contributed by atoms with Crippen LogP contribution in [0.2, 0.25) is 0 Å². The number of aliphatic hydroxyl groups excluding tert-OH is 6. The molecule has 2 fully saturated rings. The fourth-order valence-corrected chi connectivity index (χ4v) is 12.5. The van der Waals surface area contributed by atoms with Crippen LogP contribution in [0.4, 0.5) is 0 Å². The maximum atomic E-state index is 13.1. The van der Waals surface area contributed by atoms with Crippen LogP contribution in [0.25, 0.3) is 22.3 Å². The molecular formula is C69H82N6O23S2. The fraction of sp³-hybridized carbons (Fsp3) is 0.420. The van der Waals surface area contributed by atoms with E-state index in [4.69, 9.17) is 18.9 Å². The Hall–Kier alpha value is -8.70. The van der Waals surface area contributed by atoms with Crippen molar-refractivity contribution < 1.29 is 113 Å². The van der Waals surface area contributed by atoms with Gasteiger partial charge in [0.1, 0.15) is 24.4 Å². The number of rotatable bonds is 36. The van der Waals surface area contributed by atoms with Crippen molar-refractivity contribution in [2.45, 2.75) is 119 Å². The minimum Gasteiger partial charge on any atom is -0.478 e. The van der Waals surface area contributed by atoms with Gasteiger partial charge in [0, 0.05) is 92.2 Å². The van der Waals surface area contributed by atoms with Crippen molar-refractivity contribution in [1.29, 1.82) is 0 Å². The van der Waals surface area contributed by atoms with E-state index in [-0.39, 0.29) is 72.7 Å². The molecule has 2 aliphatic heterocycles. The molecule has 6 amide bonds. The minimum absolute atomic E-state index is 0.0801. The van der Waals surface area contributed by atoms with Crippen LogP contribution in [0.15, 0.2) is 121 Å². The van der Waals surface area contributed by atoms with E-state index in [1.165, 1.54) is 79.0 Å². The number of amides is 6. The Morgan fingerprint density at radius 1 is 0.450 bits per heavy atom. The van der Waals surface area contributed by atoms with Crippen molar-refractivity contribution in [3.05, 3.63) is 155 Å². The van der Waals surface area contributed by atoms with Crippen LogP contribution in [0.3, 0.4) is 0 Å². The largest absolute Gasteiger partial charge is 0.478 e. The van der Waals surface area contributed by atoms with Gasteiger partial charge in [0.2, 0.25) is 11.8 Å². The van der Waals surface area contributed by atoms with Crippen LogP contribution < -0.4 is 31.9 Å². The van der Waals surface area contributed by atoms with Crippen LogP contribution in [-0.2, 0) is 38.1 Å². The number of nitrogens with one attached hydrogen (secondary N) is 6. The number of carboxylic acids is 3. The molecule has 538 valence electrons. The standard InChI is InChI=1S/C69H82N6O23S2/c1-38(76)41-6-8-42(9-7-41)43-10-16-48(17-11-43)63(87)72-36-53(81)57(83)59-55(74-39(2)77)51(79)34-68(97-59,66(91)92)95-28-4-30-99-32-26-70-61(85)46-20-22-47(23-21-46)62(86)71-27-33-100-31-5-29-96-69(67(93)94)35-52(80)56(75-40(3)78)60(98-69)58(84)54(82)37-73-64(88)49-18-12-44(13-19-49)45-14-24-50(25-15-45)65(89)90/h6-25,51-60,79-84H,4-5,26-37H2,1-3H3,(H,70,85)(H,71,86)(H,72,87)(H,73,88)(H,74,77)(H,75,78)(H,89,90)(H,91,92)(H,93,94)/t51-,52-,53+,54+,55+,56+,57+,58+,59+,60+,68+,69+/m0/s1. The monoisotopic (exact) mass is 1430 g/mol. The van der Waals surface area contributed by atoms with Gasteiger partial charge in [0.15, 0.2) is 5.78 Å². The Kier molecular flexibility index (Phi) is 29.2. The van der Waals surface area contributed by atoms with Gasteiger partial charge in [0.25, 0.3) is 35.2 Å². The summed E-state index contributed by atoms with van der Waals surface area (Å²) in [4.78, 5) is 125. The number of carbonyl (C=O) groups excluding carboxylic acids is 7. The van der Waals surface area contributed by atoms with Crippen LogP contribution in [0, 0.1) is 0 Å². The van der Waals surface area contributed by atoms with Gasteiger partial charge < -0.3 is 96.8 Å². The van der Waals surface area contributed by atoms with Gasteiger partial charge in [-0.2, -0.15) is 23.5 Å². The number of hydrogen-bond donors (Lipinski definition) is 15. The predicted molar refractivity (Wildman–Crippen MR) is 363 cm³/mol. The second-order valence-electron chi connectivity index (χ2n) is 23.7. The van der Waals surface area contributed by atoms with E-state index in [1.54, 1.807) is 72.8 Å². The highest BCUT2D eigenvalue weighted by Gasteiger charge is 2.57. The number of carboxylic acid groups (broad SMARTS) is 3. The summed E-state index contributed by atoms with van der Waals surface area (Å²) in [6.45, 7) is 2.65. The average molecular weight is 1430 g/mol. The number of ether oxygens (including phenoxy) is 4. The molecule has 12 atom stereocenters. The molecule has 2 saturated heterocycles. The molecule has 0 radical (unpaired) electrons. The molecule has 100 heavy (non-hydrogen) atoms. The molecule has 0 aromatic heterocycles. The molecule has 7 rings (SSSR count). The van der Waals surface area contributed by atoms with Crippen LogP contribution in [0.1, 0.15) is 109 Å². The molecule has 0 spiro atoms. The van der Waals surface area contributed by atoms with Crippen LogP contribution in [-0.4, -0.2) is 240 Å². The molecule has 0 unspecified atom stereocenters. The zero-order valence-electron chi connectivity index (χ0n) is 54.8. The molecule has 31 heteroatoms. The summed E-state index contributed by atoms with van der Waals surface area (Å²) in [6.07, 6.45) is -15.1. The molecule has 2 heterocycles. The number of hydrogen-bond acceptors (Lipinski definition) is 22. The number of ketones is 1. The third kappa shape index (κ3) is 21.7. The molecule has 29 nitrogen and oxygen atoms in total. The Bertz CT molecular complexity index is 3410. The minimum atomic E-state index is -2.53. The molecule has 0 saturated carbocycles. The average Bonchev–Trinajstić information content (AvgIpc) is 0.776. The molecule has 0 aliphatic carbocycles. The van der Waals surface area contributed by atoms with Gasteiger partial charge in [-0.3, -0.25) is 33.6 Å². The summed E-state index contributed by atoms with van der Waals surface area (Å²) in [6, 6.07) is 28.9. The Morgan fingerprint density at radius 3 is 1.05 bits per heavy atom. The number of thioether (sulfide) groups is 2. The van der Waals surface area contributed by atoms with E-state index < -0.39 is 152 Å². The van der Waals surface area contributed by atoms with E-state index in [9.17, 15) is 93.9 Å². The second-order valence-corrected chi connectivity index (χ2v) is 26.2. The summed E-state index contributed by atoms with van der Waals surface area (Å²) in [5.41, 5.74) is 4.55. The van der Waals surface area contributed by atoms with Crippen molar-refractivity contribution in [3.63, 3.8) is 0 Å². The highest BCUT2D eigenvalue weighted by molar-refractivity contribution is 7.99. The first-order valence-electron chi connectivity index (χ1n) is 31.9. The first-order chi connectivity index (χ1) is 47.6. The lowest BCUT2D eigenvalue weighted by Gasteiger charge is -2.46. The van der Waals surface area contributed by atoms with E-state index in [1.807, 2.05) is 0 Å². The lowest BCUT2D eigenvalue weighted by Crippen LogP contribution is -2.68. The van der Waals surface area contributed by atoms with Crippen molar-refractivity contribution in [2.24, 2.45) is 0 Å². The van der Waals surface area contributed by atoms with Gasteiger partial charge in [0.05, 0.1) is 55.3 Å². The van der Waals surface area contributed by atoms with E-state index in [0.29, 0.717) is 39.7 Å². The molecule has 15 N–H and O–H groups in total. The van der Waals surface area contributed by atoms with Crippen molar-refractivity contribution >= 4 is 82.7 Å². The van der Waals surface area contributed by atoms with Crippen LogP contribution in [0.5, 0.6) is 0 Å². The number of carbonyl (C=O) groups is 10. The SMILES string of the molecule is CC(=O)N[C@H]1[C@H]([C@H](O)[C@H](O)CNC(=O)c2ccc(-c3ccc(C(C)=O)cc3)cc2)O[C@@](OCCCSCCNC(=O)c2ccc(C(=O)NCCSCCCO[C@]3(C(=O)O)C[C@H](O)[C@@H](NC(C)=O)[C@H]([C@H](O)[C@H](O)CNC(=O)c4ccc(-c5ccc(C(=O)O)cc5)cc4)O3)cc2)(C(=O)O)C[C@@H]1O. The molecular weight excluding hydrogens is 1340 g/mol. The third-order valence-electron chi connectivity index (χ3n) is 16.3. The molecule has 2 aliphatic rings. The molecule has 5 aromatic rings. The quantitative estimate of drug-likeness (QED) is 0.0201. The third-order valence-corrected chi connectivity index (χ3v) is 18.5. The maximum absolute atomic E-state index is 13.1. The summed E-state index contributed by atoms with van der Waals surface area (Å²) in [5, 5.41) is 112. The Morgan fingerprint density at radius 2 is 0.750 bits per heavy atom. The zero-order valence-corrected chi connectivity index (χ0v) is 56.4. The first-order valence-corrected chi connectivity index (χ1v) is 34.2. The summed E-state index contributed by atoms with van der Waals surface area (Å²) in [7, 11) is 0. The smallest absolute Gasteiger partial charge is 0.364 e. The Labute approximate surface area is 583 Å². The lowest BCUT2D eigenvalue weighted by atomic mass is 9.88.